The third kappa shape index (κ3) is 4.86. The molecule has 0 N–H and O–H groups in total. The third-order valence-corrected chi connectivity index (χ3v) is 6.12. The maximum atomic E-state index is 12.8. The molecule has 0 saturated carbocycles. The van der Waals surface area contributed by atoms with Crippen LogP contribution in [0.4, 0.5) is 0 Å². The lowest BCUT2D eigenvalue weighted by molar-refractivity contribution is -0.129. The number of aromatic nitrogens is 2. The van der Waals surface area contributed by atoms with Crippen LogP contribution in [0.25, 0.3) is 0 Å². The van der Waals surface area contributed by atoms with E-state index in [-0.39, 0.29) is 17.7 Å². The highest BCUT2D eigenvalue weighted by molar-refractivity contribution is 5.95. The molecule has 164 valence electrons. The van der Waals surface area contributed by atoms with Crippen molar-refractivity contribution in [3.63, 3.8) is 0 Å². The predicted molar refractivity (Wildman–Crippen MR) is 117 cm³/mol. The molecule has 0 bridgehead atoms. The molecule has 31 heavy (non-hydrogen) atoms. The molecule has 2 fully saturated rings. The van der Waals surface area contributed by atoms with E-state index in [1.807, 2.05) is 47.9 Å². The van der Waals surface area contributed by atoms with Crippen LogP contribution < -0.4 is 4.74 Å². The zero-order chi connectivity index (χ0) is 21.8. The highest BCUT2D eigenvalue weighted by Gasteiger charge is 2.30. The second kappa shape index (κ2) is 9.45. The van der Waals surface area contributed by atoms with Gasteiger partial charge in [-0.3, -0.25) is 9.59 Å². The maximum absolute atomic E-state index is 12.8. The van der Waals surface area contributed by atoms with Crippen molar-refractivity contribution < 1.29 is 14.3 Å². The van der Waals surface area contributed by atoms with Gasteiger partial charge in [0.1, 0.15) is 11.6 Å². The SMILES string of the molecule is CCOc1ccc(CC(=O)N2CCC(c3ncc(C(=O)N4CCCC4)c(C)n3)C2)cc1. The van der Waals surface area contributed by atoms with Gasteiger partial charge in [-0.05, 0) is 50.8 Å². The molecule has 0 spiro atoms. The molecule has 1 atom stereocenters. The summed E-state index contributed by atoms with van der Waals surface area (Å²) < 4.78 is 5.46. The minimum atomic E-state index is 0.0279. The number of amides is 2. The minimum Gasteiger partial charge on any atom is -0.494 e. The quantitative estimate of drug-likeness (QED) is 0.715. The number of carbonyl (C=O) groups excluding carboxylic acids is 2. The van der Waals surface area contributed by atoms with Gasteiger partial charge in [0.2, 0.25) is 5.91 Å². The van der Waals surface area contributed by atoms with Crippen LogP contribution in [0, 0.1) is 6.92 Å². The van der Waals surface area contributed by atoms with E-state index in [0.29, 0.717) is 31.7 Å². The monoisotopic (exact) mass is 422 g/mol. The lowest BCUT2D eigenvalue weighted by Crippen LogP contribution is -2.30. The van der Waals surface area contributed by atoms with Crippen molar-refractivity contribution in [2.24, 2.45) is 0 Å². The molecule has 2 aliphatic heterocycles. The average molecular weight is 423 g/mol. The Morgan fingerprint density at radius 3 is 2.52 bits per heavy atom. The minimum absolute atomic E-state index is 0.0279. The molecule has 7 nitrogen and oxygen atoms in total. The summed E-state index contributed by atoms with van der Waals surface area (Å²) in [6.07, 6.45) is 5.01. The number of hydrogen-bond donors (Lipinski definition) is 0. The first-order valence-electron chi connectivity index (χ1n) is 11.2. The van der Waals surface area contributed by atoms with Gasteiger partial charge >= 0.3 is 0 Å². The van der Waals surface area contributed by atoms with Crippen molar-refractivity contribution in [2.45, 2.75) is 45.4 Å². The first kappa shape index (κ1) is 21.3. The van der Waals surface area contributed by atoms with Crippen LogP contribution in [0.5, 0.6) is 5.75 Å². The first-order valence-corrected chi connectivity index (χ1v) is 11.2. The Labute approximate surface area is 183 Å². The maximum Gasteiger partial charge on any atom is 0.257 e. The van der Waals surface area contributed by atoms with E-state index in [9.17, 15) is 9.59 Å². The summed E-state index contributed by atoms with van der Waals surface area (Å²) in [5.74, 6) is 1.80. The Hall–Kier alpha value is -2.96. The van der Waals surface area contributed by atoms with Crippen LogP contribution >= 0.6 is 0 Å². The Balaban J connectivity index is 1.36. The van der Waals surface area contributed by atoms with Gasteiger partial charge in [-0.25, -0.2) is 9.97 Å². The van der Waals surface area contributed by atoms with E-state index in [1.54, 1.807) is 6.20 Å². The van der Waals surface area contributed by atoms with Gasteiger partial charge in [0.15, 0.2) is 0 Å². The van der Waals surface area contributed by atoms with E-state index in [4.69, 9.17) is 4.74 Å². The van der Waals surface area contributed by atoms with Crippen molar-refractivity contribution in [1.29, 1.82) is 0 Å². The molecule has 2 amide bonds. The Kier molecular flexibility index (Phi) is 6.49. The van der Waals surface area contributed by atoms with Gasteiger partial charge in [0.25, 0.3) is 5.91 Å². The van der Waals surface area contributed by atoms with Crippen molar-refractivity contribution >= 4 is 11.8 Å². The predicted octanol–water partition coefficient (Wildman–Crippen LogP) is 2.98. The number of benzene rings is 1. The number of nitrogens with zero attached hydrogens (tertiary/aromatic N) is 4. The lowest BCUT2D eigenvalue weighted by atomic mass is 10.1. The summed E-state index contributed by atoms with van der Waals surface area (Å²) >= 11 is 0. The number of ether oxygens (including phenoxy) is 1. The van der Waals surface area contributed by atoms with Crippen molar-refractivity contribution in [2.75, 3.05) is 32.8 Å². The van der Waals surface area contributed by atoms with E-state index in [2.05, 4.69) is 9.97 Å². The molecular weight excluding hydrogens is 392 g/mol. The highest BCUT2D eigenvalue weighted by atomic mass is 16.5. The zero-order valence-electron chi connectivity index (χ0n) is 18.3. The van der Waals surface area contributed by atoms with Gasteiger partial charge < -0.3 is 14.5 Å². The Bertz CT molecular complexity index is 938. The molecule has 1 aromatic heterocycles. The highest BCUT2D eigenvalue weighted by Crippen LogP contribution is 2.26. The topological polar surface area (TPSA) is 75.6 Å². The van der Waals surface area contributed by atoms with Gasteiger partial charge in [0, 0.05) is 38.3 Å². The number of likely N-dealkylation sites (tertiary alicyclic amines) is 2. The Morgan fingerprint density at radius 1 is 1.10 bits per heavy atom. The summed E-state index contributed by atoms with van der Waals surface area (Å²) in [5, 5.41) is 0. The fourth-order valence-electron chi connectivity index (χ4n) is 4.34. The smallest absolute Gasteiger partial charge is 0.257 e. The molecule has 1 unspecified atom stereocenters. The van der Waals surface area contributed by atoms with E-state index >= 15 is 0 Å². The average Bonchev–Trinajstić information content (AvgIpc) is 3.47. The molecule has 2 aliphatic rings. The van der Waals surface area contributed by atoms with Gasteiger partial charge in [-0.15, -0.1) is 0 Å². The van der Waals surface area contributed by atoms with Crippen LogP contribution in [-0.2, 0) is 11.2 Å². The molecule has 3 heterocycles. The third-order valence-electron chi connectivity index (χ3n) is 6.12. The second-order valence-electron chi connectivity index (χ2n) is 8.31. The first-order chi connectivity index (χ1) is 15.0. The van der Waals surface area contributed by atoms with Crippen molar-refractivity contribution in [3.05, 3.63) is 53.1 Å². The van der Waals surface area contributed by atoms with Crippen LogP contribution in [0.15, 0.2) is 30.5 Å². The van der Waals surface area contributed by atoms with E-state index < -0.39 is 0 Å². The summed E-state index contributed by atoms with van der Waals surface area (Å²) in [7, 11) is 0. The van der Waals surface area contributed by atoms with Crippen LogP contribution in [0.1, 0.15) is 59.5 Å². The van der Waals surface area contributed by atoms with Crippen molar-refractivity contribution in [3.8, 4) is 5.75 Å². The molecule has 2 saturated heterocycles. The molecule has 0 radical (unpaired) electrons. The molecule has 4 rings (SSSR count). The standard InChI is InChI=1S/C24H30N4O3/c1-3-31-20-8-6-18(7-9-20)14-22(29)28-13-10-19(16-28)23-25-15-21(17(2)26-23)24(30)27-11-4-5-12-27/h6-9,15,19H,3-5,10-14,16H2,1-2H3. The van der Waals surface area contributed by atoms with Gasteiger partial charge in [-0.2, -0.15) is 0 Å². The van der Waals surface area contributed by atoms with Crippen LogP contribution in [0.3, 0.4) is 0 Å². The number of rotatable bonds is 6. The lowest BCUT2D eigenvalue weighted by Gasteiger charge is -2.18. The second-order valence-corrected chi connectivity index (χ2v) is 8.31. The molecule has 2 aromatic rings. The fraction of sp³-hybridized carbons (Fsp3) is 0.500. The molecule has 7 heteroatoms. The van der Waals surface area contributed by atoms with Crippen LogP contribution in [0.2, 0.25) is 0 Å². The van der Waals surface area contributed by atoms with E-state index in [1.165, 1.54) is 0 Å². The Morgan fingerprint density at radius 2 is 1.84 bits per heavy atom. The van der Waals surface area contributed by atoms with Gasteiger partial charge in [-0.1, -0.05) is 12.1 Å². The number of hydrogen-bond acceptors (Lipinski definition) is 5. The van der Waals surface area contributed by atoms with Crippen molar-refractivity contribution in [1.82, 2.24) is 19.8 Å². The number of carbonyl (C=O) groups is 2. The normalized spacial score (nSPS) is 18.5. The summed E-state index contributed by atoms with van der Waals surface area (Å²) in [6.45, 7) is 7.40. The molecular formula is C24H30N4O3. The number of aryl methyl sites for hydroxylation is 1. The molecule has 1 aromatic carbocycles. The summed E-state index contributed by atoms with van der Waals surface area (Å²) in [6, 6.07) is 7.69. The van der Waals surface area contributed by atoms with E-state index in [0.717, 1.165) is 55.2 Å². The molecule has 0 aliphatic carbocycles. The fourth-order valence-corrected chi connectivity index (χ4v) is 4.34. The summed E-state index contributed by atoms with van der Waals surface area (Å²) in [4.78, 5) is 38.3. The largest absolute Gasteiger partial charge is 0.494 e. The van der Waals surface area contributed by atoms with Gasteiger partial charge in [0.05, 0.1) is 24.3 Å². The summed E-state index contributed by atoms with van der Waals surface area (Å²) in [5.41, 5.74) is 2.29. The van der Waals surface area contributed by atoms with Crippen LogP contribution in [-0.4, -0.2) is 64.4 Å². The zero-order valence-corrected chi connectivity index (χ0v) is 18.3.